The van der Waals surface area contributed by atoms with Gasteiger partial charge in [-0.15, -0.1) is 0 Å². The van der Waals surface area contributed by atoms with E-state index in [9.17, 15) is 18.3 Å². The molecule has 0 atom stereocenters. The van der Waals surface area contributed by atoms with Gasteiger partial charge in [0.2, 0.25) is 0 Å². The molecule has 2 aromatic rings. The van der Waals surface area contributed by atoms with Gasteiger partial charge in [0.15, 0.2) is 0 Å². The molecule has 0 aliphatic carbocycles. The second-order valence-electron chi connectivity index (χ2n) is 8.41. The lowest BCUT2D eigenvalue weighted by Gasteiger charge is -2.34. The number of alkyl halides is 3. The van der Waals surface area contributed by atoms with Crippen LogP contribution in [-0.2, 0) is 11.6 Å². The van der Waals surface area contributed by atoms with Crippen LogP contribution in [0.2, 0.25) is 0 Å². The monoisotopic (exact) mass is 350 g/mol. The minimum Gasteiger partial charge on any atom is -0.507 e. The molecule has 0 unspecified atom stereocenters. The number of phenolic OH excluding ortho intramolecular Hbond substituents is 1. The second kappa shape index (κ2) is 6.40. The van der Waals surface area contributed by atoms with Gasteiger partial charge in [0, 0.05) is 5.56 Å². The first-order valence-electron chi connectivity index (χ1n) is 8.31. The van der Waals surface area contributed by atoms with Crippen molar-refractivity contribution in [3.8, 4) is 16.9 Å². The maximum atomic E-state index is 13.5. The number of aromatic hydroxyl groups is 1. The molecule has 2 aromatic carbocycles. The van der Waals surface area contributed by atoms with Crippen LogP contribution in [0.25, 0.3) is 11.1 Å². The molecule has 0 fully saturated rings. The molecule has 4 heteroatoms. The number of halogens is 3. The highest BCUT2D eigenvalue weighted by Gasteiger charge is 2.37. The third kappa shape index (κ3) is 4.56. The van der Waals surface area contributed by atoms with Crippen molar-refractivity contribution in [2.75, 3.05) is 0 Å². The molecular formula is C21H25F3O. The summed E-state index contributed by atoms with van der Waals surface area (Å²) < 4.78 is 40.5. The van der Waals surface area contributed by atoms with E-state index >= 15 is 0 Å². The van der Waals surface area contributed by atoms with Crippen molar-refractivity contribution in [1.29, 1.82) is 0 Å². The van der Waals surface area contributed by atoms with E-state index in [0.29, 0.717) is 11.1 Å². The summed E-state index contributed by atoms with van der Waals surface area (Å²) in [5.41, 5.74) is -0.120. The van der Waals surface area contributed by atoms with Gasteiger partial charge in [0.25, 0.3) is 0 Å². The molecule has 25 heavy (non-hydrogen) atoms. The molecule has 0 radical (unpaired) electrons. The Hall–Kier alpha value is -1.97. The summed E-state index contributed by atoms with van der Waals surface area (Å²) >= 11 is 0. The Morgan fingerprint density at radius 1 is 0.880 bits per heavy atom. The van der Waals surface area contributed by atoms with Crippen molar-refractivity contribution in [2.24, 2.45) is 5.41 Å². The maximum absolute atomic E-state index is 13.5. The van der Waals surface area contributed by atoms with E-state index in [1.54, 1.807) is 36.4 Å². The van der Waals surface area contributed by atoms with Crippen LogP contribution in [0.5, 0.6) is 5.75 Å². The first-order chi connectivity index (χ1) is 11.3. The lowest BCUT2D eigenvalue weighted by atomic mass is 9.71. The predicted octanol–water partition coefficient (Wildman–Crippen LogP) is 6.79. The van der Waals surface area contributed by atoms with E-state index in [1.165, 1.54) is 0 Å². The number of hydrogen-bond donors (Lipinski definition) is 1. The molecule has 0 saturated carbocycles. The van der Waals surface area contributed by atoms with E-state index in [0.717, 1.165) is 12.5 Å². The average molecular weight is 350 g/mol. The summed E-state index contributed by atoms with van der Waals surface area (Å²) in [4.78, 5) is 0. The van der Waals surface area contributed by atoms with Crippen LogP contribution >= 0.6 is 0 Å². The molecule has 136 valence electrons. The number of benzene rings is 2. The van der Waals surface area contributed by atoms with Gasteiger partial charge in [-0.2, -0.15) is 13.2 Å². The largest absolute Gasteiger partial charge is 0.507 e. The molecule has 1 N–H and O–H groups in total. The molecule has 0 spiro atoms. The van der Waals surface area contributed by atoms with Crippen molar-refractivity contribution in [2.45, 2.75) is 52.6 Å². The Labute approximate surface area is 147 Å². The van der Waals surface area contributed by atoms with Crippen LogP contribution in [-0.4, -0.2) is 5.11 Å². The lowest BCUT2D eigenvalue weighted by molar-refractivity contribution is -0.138. The molecule has 0 bridgehead atoms. The lowest BCUT2D eigenvalue weighted by Crippen LogP contribution is -2.25. The van der Waals surface area contributed by atoms with Crippen molar-refractivity contribution in [1.82, 2.24) is 0 Å². The fourth-order valence-corrected chi connectivity index (χ4v) is 3.51. The molecule has 0 aliphatic rings. The Morgan fingerprint density at radius 2 is 1.44 bits per heavy atom. The minimum atomic E-state index is -4.61. The predicted molar refractivity (Wildman–Crippen MR) is 95.6 cm³/mol. The smallest absolute Gasteiger partial charge is 0.419 e. The van der Waals surface area contributed by atoms with Gasteiger partial charge in [0.1, 0.15) is 5.75 Å². The van der Waals surface area contributed by atoms with Crippen LogP contribution in [0.15, 0.2) is 42.5 Å². The Balaban J connectivity index is 2.70. The molecule has 0 saturated heterocycles. The second-order valence-corrected chi connectivity index (χ2v) is 8.41. The first-order valence-corrected chi connectivity index (χ1v) is 8.31. The molecule has 0 heterocycles. The van der Waals surface area contributed by atoms with Gasteiger partial charge in [0.05, 0.1) is 5.56 Å². The third-order valence-electron chi connectivity index (χ3n) is 4.25. The van der Waals surface area contributed by atoms with E-state index in [4.69, 9.17) is 0 Å². The fraction of sp³-hybridized carbons (Fsp3) is 0.429. The highest BCUT2D eigenvalue weighted by molar-refractivity contribution is 5.73. The molecule has 2 rings (SSSR count). The van der Waals surface area contributed by atoms with Gasteiger partial charge in [-0.1, -0.05) is 65.0 Å². The quantitative estimate of drug-likeness (QED) is 0.646. The van der Waals surface area contributed by atoms with E-state index in [2.05, 4.69) is 20.8 Å². The maximum Gasteiger partial charge on any atom is 0.419 e. The summed E-state index contributed by atoms with van der Waals surface area (Å²) in [6.07, 6.45) is -3.89. The summed E-state index contributed by atoms with van der Waals surface area (Å²) in [5.74, 6) is -0.714. The summed E-state index contributed by atoms with van der Waals surface area (Å²) in [6.45, 7) is 10.1. The standard InChI is InChI=1S/C21H25F3O/c1-19(2,3)13-20(4,5)15-11-16(14-9-7-6-8-10-14)18(25)17(12-15)21(22,23)24/h6-12,25H,13H2,1-5H3. The molecule has 0 amide bonds. The third-order valence-corrected chi connectivity index (χ3v) is 4.25. The van der Waals surface area contributed by atoms with Crippen molar-refractivity contribution < 1.29 is 18.3 Å². The van der Waals surface area contributed by atoms with Gasteiger partial charge in [-0.3, -0.25) is 0 Å². The van der Waals surface area contributed by atoms with Crippen molar-refractivity contribution in [3.63, 3.8) is 0 Å². The van der Waals surface area contributed by atoms with Gasteiger partial charge >= 0.3 is 6.18 Å². The Bertz CT molecular complexity index is 738. The van der Waals surface area contributed by atoms with Crippen LogP contribution < -0.4 is 0 Å². The zero-order chi connectivity index (χ0) is 19.0. The zero-order valence-electron chi connectivity index (χ0n) is 15.3. The molecule has 1 nitrogen and oxygen atoms in total. The number of rotatable bonds is 3. The topological polar surface area (TPSA) is 20.2 Å². The molecule has 0 aliphatic heterocycles. The van der Waals surface area contributed by atoms with Crippen LogP contribution in [0.4, 0.5) is 13.2 Å². The van der Waals surface area contributed by atoms with E-state index in [-0.39, 0.29) is 11.0 Å². The summed E-state index contributed by atoms with van der Waals surface area (Å²) in [5, 5.41) is 10.3. The van der Waals surface area contributed by atoms with Crippen molar-refractivity contribution >= 4 is 0 Å². The van der Waals surface area contributed by atoms with Gasteiger partial charge in [-0.25, -0.2) is 0 Å². The highest BCUT2D eigenvalue weighted by atomic mass is 19.4. The first kappa shape index (κ1) is 19.4. The van der Waals surface area contributed by atoms with E-state index < -0.39 is 22.9 Å². The minimum absolute atomic E-state index is 0.0350. The van der Waals surface area contributed by atoms with Crippen molar-refractivity contribution in [3.05, 3.63) is 53.6 Å². The van der Waals surface area contributed by atoms with Gasteiger partial charge in [-0.05, 0) is 40.5 Å². The average Bonchev–Trinajstić information content (AvgIpc) is 2.44. The van der Waals surface area contributed by atoms with Crippen LogP contribution in [0, 0.1) is 5.41 Å². The molecule has 0 aromatic heterocycles. The summed E-state index contributed by atoms with van der Waals surface area (Å²) in [7, 11) is 0. The SMILES string of the molecule is CC(C)(C)CC(C)(C)c1cc(-c2ccccc2)c(O)c(C(F)(F)F)c1. The van der Waals surface area contributed by atoms with Gasteiger partial charge < -0.3 is 5.11 Å². The summed E-state index contributed by atoms with van der Waals surface area (Å²) in [6, 6.07) is 11.5. The Kier molecular flexibility index (Phi) is 4.95. The number of phenols is 1. The zero-order valence-corrected chi connectivity index (χ0v) is 15.3. The van der Waals surface area contributed by atoms with E-state index in [1.807, 2.05) is 13.8 Å². The van der Waals surface area contributed by atoms with Crippen LogP contribution in [0.3, 0.4) is 0 Å². The number of hydrogen-bond acceptors (Lipinski definition) is 1. The fourth-order valence-electron chi connectivity index (χ4n) is 3.51. The van der Waals surface area contributed by atoms with Crippen LogP contribution in [0.1, 0.15) is 52.2 Å². The normalized spacial score (nSPS) is 13.1. The highest BCUT2D eigenvalue weighted by Crippen LogP contribution is 2.46. The molecular weight excluding hydrogens is 325 g/mol. The Morgan fingerprint density at radius 3 is 1.92 bits per heavy atom.